The van der Waals surface area contributed by atoms with Crippen molar-refractivity contribution in [2.24, 2.45) is 5.73 Å². The van der Waals surface area contributed by atoms with Gasteiger partial charge in [-0.2, -0.15) is 5.26 Å². The first-order valence-electron chi connectivity index (χ1n) is 6.21. The SMILES string of the molecule is COCCN1CC(c2ccc(C#N)cc2)[C@H](N)C1. The van der Waals surface area contributed by atoms with Crippen molar-refractivity contribution in [1.82, 2.24) is 4.90 Å². The van der Waals surface area contributed by atoms with Gasteiger partial charge in [-0.3, -0.25) is 4.90 Å². The third kappa shape index (κ3) is 2.88. The number of hydrogen-bond donors (Lipinski definition) is 1. The number of benzene rings is 1. The molecule has 1 aliphatic rings. The Balaban J connectivity index is 2.02. The first-order chi connectivity index (χ1) is 8.74. The van der Waals surface area contributed by atoms with Gasteiger partial charge >= 0.3 is 0 Å². The minimum Gasteiger partial charge on any atom is -0.383 e. The standard InChI is InChI=1S/C14H19N3O/c1-18-7-6-17-9-13(14(16)10-17)12-4-2-11(8-15)3-5-12/h2-5,13-14H,6-7,9-10,16H2,1H3/t13?,14-/m1/s1. The fourth-order valence-electron chi connectivity index (χ4n) is 2.47. The number of nitrogens with two attached hydrogens (primary N) is 1. The predicted octanol–water partition coefficient (Wildman–Crippen LogP) is 0.931. The van der Waals surface area contributed by atoms with Crippen molar-refractivity contribution in [2.75, 3.05) is 33.4 Å². The molecule has 18 heavy (non-hydrogen) atoms. The first kappa shape index (κ1) is 13.0. The van der Waals surface area contributed by atoms with Crippen LogP contribution in [0.3, 0.4) is 0 Å². The number of likely N-dealkylation sites (tertiary alicyclic amines) is 1. The third-order valence-electron chi connectivity index (χ3n) is 3.52. The van der Waals surface area contributed by atoms with E-state index in [1.54, 1.807) is 7.11 Å². The highest BCUT2D eigenvalue weighted by molar-refractivity contribution is 5.34. The third-order valence-corrected chi connectivity index (χ3v) is 3.52. The van der Waals surface area contributed by atoms with Gasteiger partial charge in [-0.05, 0) is 17.7 Å². The average molecular weight is 245 g/mol. The smallest absolute Gasteiger partial charge is 0.0991 e. The van der Waals surface area contributed by atoms with Crippen LogP contribution >= 0.6 is 0 Å². The molecule has 0 aromatic heterocycles. The Bertz CT molecular complexity index is 424. The molecular formula is C14H19N3O. The van der Waals surface area contributed by atoms with Gasteiger partial charge < -0.3 is 10.5 Å². The zero-order chi connectivity index (χ0) is 13.0. The Kier molecular flexibility index (Phi) is 4.32. The molecule has 4 nitrogen and oxygen atoms in total. The molecule has 0 bridgehead atoms. The summed E-state index contributed by atoms with van der Waals surface area (Å²) in [5.41, 5.74) is 8.12. The second-order valence-electron chi connectivity index (χ2n) is 4.76. The number of nitrogens with zero attached hydrogens (tertiary/aromatic N) is 2. The van der Waals surface area contributed by atoms with Crippen LogP contribution in [0.2, 0.25) is 0 Å². The number of hydrogen-bond acceptors (Lipinski definition) is 4. The molecule has 2 rings (SSSR count). The molecule has 0 amide bonds. The molecule has 1 aliphatic heterocycles. The van der Waals surface area contributed by atoms with Gasteiger partial charge in [0.1, 0.15) is 0 Å². The van der Waals surface area contributed by atoms with Crippen LogP contribution in [0.25, 0.3) is 0 Å². The van der Waals surface area contributed by atoms with Gasteiger partial charge in [0.05, 0.1) is 18.2 Å². The average Bonchev–Trinajstić information content (AvgIpc) is 2.78. The number of methoxy groups -OCH3 is 1. The molecule has 0 saturated carbocycles. The second-order valence-corrected chi connectivity index (χ2v) is 4.76. The molecule has 1 aromatic carbocycles. The van der Waals surface area contributed by atoms with Gasteiger partial charge in [-0.1, -0.05) is 12.1 Å². The van der Waals surface area contributed by atoms with Gasteiger partial charge in [0.2, 0.25) is 0 Å². The van der Waals surface area contributed by atoms with E-state index >= 15 is 0 Å². The summed E-state index contributed by atoms with van der Waals surface area (Å²) in [4.78, 5) is 2.33. The van der Waals surface area contributed by atoms with E-state index < -0.39 is 0 Å². The van der Waals surface area contributed by atoms with E-state index in [-0.39, 0.29) is 6.04 Å². The summed E-state index contributed by atoms with van der Waals surface area (Å²) in [7, 11) is 1.72. The molecule has 2 N–H and O–H groups in total. The van der Waals surface area contributed by atoms with Crippen LogP contribution < -0.4 is 5.73 Å². The molecule has 1 saturated heterocycles. The quantitative estimate of drug-likeness (QED) is 0.857. The summed E-state index contributed by atoms with van der Waals surface area (Å²) >= 11 is 0. The highest BCUT2D eigenvalue weighted by Gasteiger charge is 2.30. The lowest BCUT2D eigenvalue weighted by Crippen LogP contribution is -2.30. The summed E-state index contributed by atoms with van der Waals surface area (Å²) < 4.78 is 5.09. The van der Waals surface area contributed by atoms with E-state index in [1.807, 2.05) is 24.3 Å². The lowest BCUT2D eigenvalue weighted by molar-refractivity contribution is 0.160. The van der Waals surface area contributed by atoms with E-state index in [2.05, 4.69) is 11.0 Å². The van der Waals surface area contributed by atoms with Crippen LogP contribution in [0.1, 0.15) is 17.0 Å². The monoisotopic (exact) mass is 245 g/mol. The van der Waals surface area contributed by atoms with Crippen LogP contribution in [0.4, 0.5) is 0 Å². The maximum absolute atomic E-state index is 8.79. The summed E-state index contributed by atoms with van der Waals surface area (Å²) in [5.74, 6) is 0.356. The molecule has 2 atom stereocenters. The number of ether oxygens (including phenoxy) is 1. The lowest BCUT2D eigenvalue weighted by Gasteiger charge is -2.15. The fourth-order valence-corrected chi connectivity index (χ4v) is 2.47. The van der Waals surface area contributed by atoms with Gasteiger partial charge in [0, 0.05) is 38.7 Å². The van der Waals surface area contributed by atoms with Crippen LogP contribution in [-0.4, -0.2) is 44.3 Å². The van der Waals surface area contributed by atoms with Crippen LogP contribution in [-0.2, 0) is 4.74 Å². The molecule has 0 radical (unpaired) electrons. The Morgan fingerprint density at radius 1 is 1.39 bits per heavy atom. The highest BCUT2D eigenvalue weighted by Crippen LogP contribution is 2.26. The minimum atomic E-state index is 0.162. The molecule has 1 unspecified atom stereocenters. The van der Waals surface area contributed by atoms with Gasteiger partial charge in [0.25, 0.3) is 0 Å². The zero-order valence-electron chi connectivity index (χ0n) is 10.7. The van der Waals surface area contributed by atoms with Gasteiger partial charge in [0.15, 0.2) is 0 Å². The molecule has 1 fully saturated rings. The molecule has 0 aliphatic carbocycles. The normalized spacial score (nSPS) is 24.1. The van der Waals surface area contributed by atoms with E-state index in [1.165, 1.54) is 5.56 Å². The largest absolute Gasteiger partial charge is 0.383 e. The van der Waals surface area contributed by atoms with Crippen LogP contribution in [0.15, 0.2) is 24.3 Å². The number of nitriles is 1. The summed E-state index contributed by atoms with van der Waals surface area (Å²) in [6.07, 6.45) is 0. The zero-order valence-corrected chi connectivity index (χ0v) is 10.7. The Morgan fingerprint density at radius 2 is 2.11 bits per heavy atom. The molecule has 0 spiro atoms. The topological polar surface area (TPSA) is 62.3 Å². The molecule has 1 aromatic rings. The van der Waals surface area contributed by atoms with Crippen LogP contribution in [0.5, 0.6) is 0 Å². The van der Waals surface area contributed by atoms with Gasteiger partial charge in [-0.15, -0.1) is 0 Å². The van der Waals surface area contributed by atoms with E-state index in [0.29, 0.717) is 11.5 Å². The van der Waals surface area contributed by atoms with Gasteiger partial charge in [-0.25, -0.2) is 0 Å². The number of rotatable bonds is 4. The lowest BCUT2D eigenvalue weighted by atomic mass is 9.94. The molecule has 96 valence electrons. The summed E-state index contributed by atoms with van der Waals surface area (Å²) in [6, 6.07) is 10.1. The van der Waals surface area contributed by atoms with Crippen molar-refractivity contribution in [3.05, 3.63) is 35.4 Å². The van der Waals surface area contributed by atoms with Crippen molar-refractivity contribution in [3.63, 3.8) is 0 Å². The molecule has 4 heteroatoms. The van der Waals surface area contributed by atoms with Crippen molar-refractivity contribution in [1.29, 1.82) is 5.26 Å². The van der Waals surface area contributed by atoms with Crippen molar-refractivity contribution in [2.45, 2.75) is 12.0 Å². The molecule has 1 heterocycles. The fraction of sp³-hybridized carbons (Fsp3) is 0.500. The van der Waals surface area contributed by atoms with E-state index in [4.69, 9.17) is 15.7 Å². The highest BCUT2D eigenvalue weighted by atomic mass is 16.5. The second kappa shape index (κ2) is 5.96. The van der Waals surface area contributed by atoms with E-state index in [9.17, 15) is 0 Å². The summed E-state index contributed by atoms with van der Waals surface area (Å²) in [5, 5.41) is 8.79. The van der Waals surface area contributed by atoms with Crippen molar-refractivity contribution < 1.29 is 4.74 Å². The summed E-state index contributed by atoms with van der Waals surface area (Å²) in [6.45, 7) is 3.55. The molecular weight excluding hydrogens is 226 g/mol. The first-order valence-corrected chi connectivity index (χ1v) is 6.21. The van der Waals surface area contributed by atoms with Crippen molar-refractivity contribution >= 4 is 0 Å². The van der Waals surface area contributed by atoms with Crippen molar-refractivity contribution in [3.8, 4) is 6.07 Å². The Morgan fingerprint density at radius 3 is 2.72 bits per heavy atom. The minimum absolute atomic E-state index is 0.162. The predicted molar refractivity (Wildman–Crippen MR) is 70.2 cm³/mol. The maximum atomic E-state index is 8.79. The van der Waals surface area contributed by atoms with E-state index in [0.717, 1.165) is 26.2 Å². The maximum Gasteiger partial charge on any atom is 0.0991 e. The Hall–Kier alpha value is -1.41. The van der Waals surface area contributed by atoms with Crippen LogP contribution in [0, 0.1) is 11.3 Å². The Labute approximate surface area is 108 Å².